The SMILES string of the molecule is CCOCCCn1c(CC)nc2c1CCNC2. The van der Waals surface area contributed by atoms with Crippen LogP contribution >= 0.6 is 0 Å². The van der Waals surface area contributed by atoms with Gasteiger partial charge in [0.1, 0.15) is 5.82 Å². The molecule has 0 spiro atoms. The van der Waals surface area contributed by atoms with Gasteiger partial charge in [-0.2, -0.15) is 0 Å². The quantitative estimate of drug-likeness (QED) is 0.762. The first-order valence-electron chi connectivity index (χ1n) is 6.72. The van der Waals surface area contributed by atoms with Gasteiger partial charge in [0.2, 0.25) is 0 Å². The van der Waals surface area contributed by atoms with Crippen LogP contribution in [0.1, 0.15) is 37.5 Å². The highest BCUT2D eigenvalue weighted by molar-refractivity contribution is 5.20. The lowest BCUT2D eigenvalue weighted by Gasteiger charge is -2.16. The molecule has 0 amide bonds. The Kier molecular flexibility index (Phi) is 4.57. The zero-order valence-electron chi connectivity index (χ0n) is 11.0. The van der Waals surface area contributed by atoms with Crippen molar-refractivity contribution in [3.05, 3.63) is 17.2 Å². The number of ether oxygens (including phenoxy) is 1. The molecule has 0 saturated carbocycles. The van der Waals surface area contributed by atoms with E-state index in [2.05, 4.69) is 16.8 Å². The Morgan fingerprint density at radius 2 is 2.29 bits per heavy atom. The van der Waals surface area contributed by atoms with Gasteiger partial charge in [-0.15, -0.1) is 0 Å². The van der Waals surface area contributed by atoms with Crippen LogP contribution in [0.5, 0.6) is 0 Å². The van der Waals surface area contributed by atoms with Crippen LogP contribution in [0.2, 0.25) is 0 Å². The lowest BCUT2D eigenvalue weighted by molar-refractivity contribution is 0.141. The Morgan fingerprint density at radius 1 is 1.41 bits per heavy atom. The second-order valence-electron chi connectivity index (χ2n) is 4.40. The summed E-state index contributed by atoms with van der Waals surface area (Å²) in [5.41, 5.74) is 2.70. The van der Waals surface area contributed by atoms with Gasteiger partial charge < -0.3 is 14.6 Å². The molecule has 0 aliphatic carbocycles. The number of nitrogens with zero attached hydrogens (tertiary/aromatic N) is 2. The monoisotopic (exact) mass is 237 g/mol. The summed E-state index contributed by atoms with van der Waals surface area (Å²) < 4.78 is 7.82. The second kappa shape index (κ2) is 6.17. The highest BCUT2D eigenvalue weighted by atomic mass is 16.5. The topological polar surface area (TPSA) is 39.1 Å². The molecule has 0 unspecified atom stereocenters. The minimum atomic E-state index is 0.812. The van der Waals surface area contributed by atoms with Crippen molar-refractivity contribution in [2.45, 2.75) is 46.2 Å². The van der Waals surface area contributed by atoms with Crippen molar-refractivity contribution in [1.82, 2.24) is 14.9 Å². The van der Waals surface area contributed by atoms with Gasteiger partial charge in [-0.1, -0.05) is 6.92 Å². The fourth-order valence-electron chi connectivity index (χ4n) is 2.43. The number of hydrogen-bond donors (Lipinski definition) is 1. The molecular formula is C13H23N3O. The number of imidazole rings is 1. The van der Waals surface area contributed by atoms with E-state index in [1.807, 2.05) is 6.92 Å². The van der Waals surface area contributed by atoms with Gasteiger partial charge >= 0.3 is 0 Å². The van der Waals surface area contributed by atoms with Crippen LogP contribution in [0.3, 0.4) is 0 Å². The molecule has 0 fully saturated rings. The van der Waals surface area contributed by atoms with Crippen molar-refractivity contribution in [3.63, 3.8) is 0 Å². The molecule has 0 aromatic carbocycles. The number of hydrogen-bond acceptors (Lipinski definition) is 3. The first-order chi connectivity index (χ1) is 8.36. The summed E-state index contributed by atoms with van der Waals surface area (Å²) in [6, 6.07) is 0. The van der Waals surface area contributed by atoms with E-state index in [4.69, 9.17) is 9.72 Å². The summed E-state index contributed by atoms with van der Waals surface area (Å²) in [7, 11) is 0. The highest BCUT2D eigenvalue weighted by Crippen LogP contribution is 2.17. The van der Waals surface area contributed by atoms with Crippen molar-refractivity contribution in [2.24, 2.45) is 0 Å². The van der Waals surface area contributed by atoms with Crippen LogP contribution in [-0.4, -0.2) is 29.3 Å². The molecular weight excluding hydrogens is 214 g/mol. The van der Waals surface area contributed by atoms with Crippen molar-refractivity contribution < 1.29 is 4.74 Å². The van der Waals surface area contributed by atoms with Crippen molar-refractivity contribution in [3.8, 4) is 0 Å². The lowest BCUT2D eigenvalue weighted by Crippen LogP contribution is -2.25. The van der Waals surface area contributed by atoms with E-state index in [9.17, 15) is 0 Å². The molecule has 17 heavy (non-hydrogen) atoms. The minimum Gasteiger partial charge on any atom is -0.382 e. The van der Waals surface area contributed by atoms with E-state index in [-0.39, 0.29) is 0 Å². The van der Waals surface area contributed by atoms with Gasteiger partial charge in [-0.3, -0.25) is 0 Å². The molecule has 1 aliphatic rings. The van der Waals surface area contributed by atoms with E-state index in [0.29, 0.717) is 0 Å². The number of rotatable bonds is 6. The fourth-order valence-corrected chi connectivity index (χ4v) is 2.43. The van der Waals surface area contributed by atoms with Crippen molar-refractivity contribution >= 4 is 0 Å². The summed E-state index contributed by atoms with van der Waals surface area (Å²) in [6.07, 6.45) is 3.20. The Bertz CT molecular complexity index is 360. The summed E-state index contributed by atoms with van der Waals surface area (Å²) >= 11 is 0. The van der Waals surface area contributed by atoms with Gasteiger partial charge in [0.25, 0.3) is 0 Å². The predicted octanol–water partition coefficient (Wildman–Crippen LogP) is 1.52. The van der Waals surface area contributed by atoms with E-state index in [0.717, 1.165) is 52.1 Å². The molecule has 0 radical (unpaired) electrons. The fraction of sp³-hybridized carbons (Fsp3) is 0.769. The average molecular weight is 237 g/mol. The Labute approximate surface area is 103 Å². The summed E-state index contributed by atoms with van der Waals surface area (Å²) in [5, 5.41) is 3.38. The van der Waals surface area contributed by atoms with Crippen LogP contribution in [0, 0.1) is 0 Å². The third kappa shape index (κ3) is 2.87. The van der Waals surface area contributed by atoms with E-state index >= 15 is 0 Å². The third-order valence-electron chi connectivity index (χ3n) is 3.26. The van der Waals surface area contributed by atoms with Gasteiger partial charge in [0, 0.05) is 51.4 Å². The molecule has 4 heteroatoms. The smallest absolute Gasteiger partial charge is 0.108 e. The molecule has 4 nitrogen and oxygen atoms in total. The largest absolute Gasteiger partial charge is 0.382 e. The number of nitrogens with one attached hydrogen (secondary N) is 1. The van der Waals surface area contributed by atoms with Gasteiger partial charge in [0.05, 0.1) is 5.69 Å². The summed E-state index contributed by atoms with van der Waals surface area (Å²) in [4.78, 5) is 4.73. The molecule has 0 atom stereocenters. The minimum absolute atomic E-state index is 0.812. The number of aromatic nitrogens is 2. The maximum absolute atomic E-state index is 5.40. The molecule has 0 bridgehead atoms. The average Bonchev–Trinajstić information content (AvgIpc) is 2.73. The Morgan fingerprint density at radius 3 is 3.06 bits per heavy atom. The molecule has 0 saturated heterocycles. The summed E-state index contributed by atoms with van der Waals surface area (Å²) in [6.45, 7) is 8.94. The number of aryl methyl sites for hydroxylation is 1. The van der Waals surface area contributed by atoms with Crippen molar-refractivity contribution in [1.29, 1.82) is 0 Å². The predicted molar refractivity (Wildman–Crippen MR) is 68.1 cm³/mol. The highest BCUT2D eigenvalue weighted by Gasteiger charge is 2.18. The van der Waals surface area contributed by atoms with E-state index in [1.54, 1.807) is 0 Å². The van der Waals surface area contributed by atoms with Crippen molar-refractivity contribution in [2.75, 3.05) is 19.8 Å². The molecule has 2 heterocycles. The van der Waals surface area contributed by atoms with Crippen LogP contribution in [0.15, 0.2) is 0 Å². The maximum Gasteiger partial charge on any atom is 0.108 e. The lowest BCUT2D eigenvalue weighted by atomic mass is 10.2. The van der Waals surface area contributed by atoms with E-state index < -0.39 is 0 Å². The normalized spacial score (nSPS) is 14.9. The zero-order chi connectivity index (χ0) is 12.1. The third-order valence-corrected chi connectivity index (χ3v) is 3.26. The van der Waals surface area contributed by atoms with Crippen LogP contribution in [0.4, 0.5) is 0 Å². The molecule has 2 rings (SSSR count). The van der Waals surface area contributed by atoms with Gasteiger partial charge in [0.15, 0.2) is 0 Å². The first kappa shape index (κ1) is 12.6. The second-order valence-corrected chi connectivity index (χ2v) is 4.40. The van der Waals surface area contributed by atoms with Gasteiger partial charge in [-0.05, 0) is 13.3 Å². The van der Waals surface area contributed by atoms with Crippen LogP contribution in [-0.2, 0) is 30.7 Å². The zero-order valence-corrected chi connectivity index (χ0v) is 11.0. The van der Waals surface area contributed by atoms with Crippen LogP contribution < -0.4 is 5.32 Å². The molecule has 1 aromatic rings. The number of fused-ring (bicyclic) bond motifs is 1. The molecule has 1 aliphatic heterocycles. The van der Waals surface area contributed by atoms with E-state index in [1.165, 1.54) is 17.2 Å². The summed E-state index contributed by atoms with van der Waals surface area (Å²) in [5.74, 6) is 1.23. The molecule has 1 N–H and O–H groups in total. The standard InChI is InChI=1S/C13H23N3O/c1-3-13-15-11-10-14-7-6-12(11)16(13)8-5-9-17-4-2/h14H,3-10H2,1-2H3. The maximum atomic E-state index is 5.40. The molecule has 96 valence electrons. The Hall–Kier alpha value is -0.870. The first-order valence-corrected chi connectivity index (χ1v) is 6.72. The molecule has 1 aromatic heterocycles. The van der Waals surface area contributed by atoms with Crippen LogP contribution in [0.25, 0.3) is 0 Å². The van der Waals surface area contributed by atoms with Gasteiger partial charge in [-0.25, -0.2) is 4.98 Å². The Balaban J connectivity index is 2.05.